The van der Waals surface area contributed by atoms with Gasteiger partial charge < -0.3 is 15.5 Å². The Bertz CT molecular complexity index is 782. The Labute approximate surface area is 127 Å². The topological polar surface area (TPSA) is 63.9 Å². The van der Waals surface area contributed by atoms with Crippen LogP contribution < -0.4 is 10.5 Å². The Kier molecular flexibility index (Phi) is 3.75. The lowest BCUT2D eigenvalue weighted by Crippen LogP contribution is -1.98. The van der Waals surface area contributed by atoms with Crippen molar-refractivity contribution >= 4 is 28.5 Å². The smallest absolute Gasteiger partial charge is 0.171 e. The first kappa shape index (κ1) is 13.8. The number of nitrogens with one attached hydrogen (secondary N) is 1. The number of para-hydroxylation sites is 1. The van der Waals surface area contributed by atoms with Gasteiger partial charge in [-0.15, -0.1) is 0 Å². The van der Waals surface area contributed by atoms with Gasteiger partial charge in [-0.3, -0.25) is 0 Å². The highest BCUT2D eigenvalue weighted by Gasteiger charge is 2.10. The molecule has 0 bridgehead atoms. The number of aromatic nitrogens is 2. The largest absolute Gasteiger partial charge is 0.492 e. The molecule has 0 saturated carbocycles. The molecular formula is C16H17N3OS. The molecule has 0 amide bonds. The molecule has 3 N–H and O–H groups in total. The molecule has 0 fully saturated rings. The van der Waals surface area contributed by atoms with Crippen LogP contribution in [0.2, 0.25) is 0 Å². The maximum absolute atomic E-state index is 6.15. The van der Waals surface area contributed by atoms with Crippen LogP contribution in [0.1, 0.15) is 12.5 Å². The van der Waals surface area contributed by atoms with Gasteiger partial charge in [0, 0.05) is 4.90 Å². The number of hydrogen-bond acceptors (Lipinski definition) is 4. The number of nitrogens with two attached hydrogens (primary N) is 1. The Morgan fingerprint density at radius 2 is 2.14 bits per heavy atom. The first-order valence-corrected chi connectivity index (χ1v) is 7.64. The highest BCUT2D eigenvalue weighted by Crippen LogP contribution is 2.36. The maximum atomic E-state index is 6.15. The quantitative estimate of drug-likeness (QED) is 0.715. The van der Waals surface area contributed by atoms with Crippen molar-refractivity contribution in [2.24, 2.45) is 0 Å². The van der Waals surface area contributed by atoms with Crippen molar-refractivity contribution in [3.63, 3.8) is 0 Å². The van der Waals surface area contributed by atoms with Gasteiger partial charge in [0.25, 0.3) is 0 Å². The zero-order chi connectivity index (χ0) is 14.8. The third-order valence-electron chi connectivity index (χ3n) is 3.15. The summed E-state index contributed by atoms with van der Waals surface area (Å²) in [5, 5.41) is 0.830. The van der Waals surface area contributed by atoms with Crippen molar-refractivity contribution in [2.75, 3.05) is 12.3 Å². The molecular weight excluding hydrogens is 282 g/mol. The van der Waals surface area contributed by atoms with Gasteiger partial charge in [-0.2, -0.15) is 0 Å². The van der Waals surface area contributed by atoms with Gasteiger partial charge in [-0.05, 0) is 55.4 Å². The number of aromatic amines is 1. The van der Waals surface area contributed by atoms with Crippen LogP contribution >= 0.6 is 11.8 Å². The SMILES string of the molecule is CCOc1cccc(Sc2nc3ccc(C)cc3[nH]2)c1N. The molecule has 0 unspecified atom stereocenters. The fourth-order valence-electron chi connectivity index (χ4n) is 2.15. The number of imidazole rings is 1. The molecule has 5 heteroatoms. The minimum Gasteiger partial charge on any atom is -0.492 e. The monoisotopic (exact) mass is 299 g/mol. The first-order chi connectivity index (χ1) is 10.2. The van der Waals surface area contributed by atoms with Crippen molar-refractivity contribution < 1.29 is 4.74 Å². The highest BCUT2D eigenvalue weighted by molar-refractivity contribution is 7.99. The van der Waals surface area contributed by atoms with Gasteiger partial charge in [0.15, 0.2) is 5.16 Å². The number of anilines is 1. The van der Waals surface area contributed by atoms with Crippen LogP contribution in [0.3, 0.4) is 0 Å². The first-order valence-electron chi connectivity index (χ1n) is 6.83. The van der Waals surface area contributed by atoms with E-state index in [1.54, 1.807) is 0 Å². The molecule has 0 aliphatic rings. The summed E-state index contributed by atoms with van der Waals surface area (Å²) in [4.78, 5) is 8.84. The second-order valence-corrected chi connectivity index (χ2v) is 5.80. The number of rotatable bonds is 4. The molecule has 108 valence electrons. The second-order valence-electron chi connectivity index (χ2n) is 4.77. The van der Waals surface area contributed by atoms with E-state index in [2.05, 4.69) is 29.0 Å². The van der Waals surface area contributed by atoms with Crippen LogP contribution in [-0.4, -0.2) is 16.6 Å². The lowest BCUT2D eigenvalue weighted by Gasteiger charge is -2.09. The average Bonchev–Trinajstić information content (AvgIpc) is 2.85. The number of aryl methyl sites for hydroxylation is 1. The van der Waals surface area contributed by atoms with Crippen molar-refractivity contribution in [3.05, 3.63) is 42.0 Å². The summed E-state index contributed by atoms with van der Waals surface area (Å²) in [6.45, 7) is 4.61. The molecule has 3 aromatic rings. The van der Waals surface area contributed by atoms with Crippen LogP contribution in [0.25, 0.3) is 11.0 Å². The zero-order valence-electron chi connectivity index (χ0n) is 12.0. The minimum atomic E-state index is 0.599. The number of benzene rings is 2. The van der Waals surface area contributed by atoms with Crippen LogP contribution in [0, 0.1) is 6.92 Å². The van der Waals surface area contributed by atoms with E-state index in [-0.39, 0.29) is 0 Å². The lowest BCUT2D eigenvalue weighted by molar-refractivity contribution is 0.341. The van der Waals surface area contributed by atoms with Gasteiger partial charge in [0.2, 0.25) is 0 Å². The van der Waals surface area contributed by atoms with E-state index in [1.807, 2.05) is 31.2 Å². The molecule has 0 aliphatic heterocycles. The second kappa shape index (κ2) is 5.69. The van der Waals surface area contributed by atoms with E-state index in [0.29, 0.717) is 12.3 Å². The van der Waals surface area contributed by atoms with E-state index in [4.69, 9.17) is 10.5 Å². The Balaban J connectivity index is 1.93. The van der Waals surface area contributed by atoms with Gasteiger partial charge in [0.05, 0.1) is 23.3 Å². The van der Waals surface area contributed by atoms with Crippen LogP contribution in [0.4, 0.5) is 5.69 Å². The molecule has 2 aromatic carbocycles. The molecule has 1 aromatic heterocycles. The van der Waals surface area contributed by atoms with Crippen molar-refractivity contribution in [1.29, 1.82) is 0 Å². The molecule has 1 heterocycles. The highest BCUT2D eigenvalue weighted by atomic mass is 32.2. The predicted molar refractivity (Wildman–Crippen MR) is 87.0 cm³/mol. The summed E-state index contributed by atoms with van der Waals surface area (Å²) in [6.07, 6.45) is 0. The molecule has 0 radical (unpaired) electrons. The fourth-order valence-corrected chi connectivity index (χ4v) is 3.02. The Morgan fingerprint density at radius 1 is 1.29 bits per heavy atom. The van der Waals surface area contributed by atoms with E-state index < -0.39 is 0 Å². The molecule has 0 aliphatic carbocycles. The maximum Gasteiger partial charge on any atom is 0.171 e. The summed E-state index contributed by atoms with van der Waals surface area (Å²) in [7, 11) is 0. The molecule has 21 heavy (non-hydrogen) atoms. The summed E-state index contributed by atoms with van der Waals surface area (Å²) in [6, 6.07) is 12.0. The summed E-state index contributed by atoms with van der Waals surface area (Å²) < 4.78 is 5.52. The third-order valence-corrected chi connectivity index (χ3v) is 4.11. The summed E-state index contributed by atoms with van der Waals surface area (Å²) in [5.74, 6) is 0.717. The van der Waals surface area contributed by atoms with E-state index >= 15 is 0 Å². The Morgan fingerprint density at radius 3 is 2.95 bits per heavy atom. The fraction of sp³-hybridized carbons (Fsp3) is 0.188. The minimum absolute atomic E-state index is 0.599. The normalized spacial score (nSPS) is 11.0. The van der Waals surface area contributed by atoms with Gasteiger partial charge >= 0.3 is 0 Å². The molecule has 4 nitrogen and oxygen atoms in total. The molecule has 0 spiro atoms. The number of H-pyrrole nitrogens is 1. The summed E-state index contributed by atoms with van der Waals surface area (Å²) in [5.41, 5.74) is 10.0. The van der Waals surface area contributed by atoms with Crippen molar-refractivity contribution in [2.45, 2.75) is 23.9 Å². The van der Waals surface area contributed by atoms with Crippen molar-refractivity contribution in [3.8, 4) is 5.75 Å². The van der Waals surface area contributed by atoms with Crippen LogP contribution in [0.5, 0.6) is 5.75 Å². The van der Waals surface area contributed by atoms with Gasteiger partial charge in [-0.25, -0.2) is 4.98 Å². The Hall–Kier alpha value is -2.14. The number of nitrogens with zero attached hydrogens (tertiary/aromatic N) is 1. The lowest BCUT2D eigenvalue weighted by atomic mass is 10.2. The predicted octanol–water partition coefficient (Wildman–Crippen LogP) is 4.00. The van der Waals surface area contributed by atoms with Gasteiger partial charge in [-0.1, -0.05) is 12.1 Å². The molecule has 0 saturated heterocycles. The van der Waals surface area contributed by atoms with Crippen molar-refractivity contribution in [1.82, 2.24) is 9.97 Å². The average molecular weight is 299 g/mol. The number of nitrogen functional groups attached to an aromatic ring is 1. The van der Waals surface area contributed by atoms with E-state index in [1.165, 1.54) is 17.3 Å². The number of ether oxygens (including phenoxy) is 1. The van der Waals surface area contributed by atoms with E-state index in [9.17, 15) is 0 Å². The van der Waals surface area contributed by atoms with E-state index in [0.717, 1.165) is 26.8 Å². The number of fused-ring (bicyclic) bond motifs is 1. The van der Waals surface area contributed by atoms with Crippen LogP contribution in [0.15, 0.2) is 46.5 Å². The number of hydrogen-bond donors (Lipinski definition) is 2. The zero-order valence-corrected chi connectivity index (χ0v) is 12.8. The third kappa shape index (κ3) is 2.83. The standard InChI is InChI=1S/C16H17N3OS/c1-3-20-13-5-4-6-14(15(13)17)21-16-18-11-8-7-10(2)9-12(11)19-16/h4-9H,3,17H2,1-2H3,(H,18,19). The van der Waals surface area contributed by atoms with Crippen LogP contribution in [-0.2, 0) is 0 Å². The van der Waals surface area contributed by atoms with Gasteiger partial charge in [0.1, 0.15) is 5.75 Å². The molecule has 0 atom stereocenters. The molecule has 3 rings (SSSR count). The summed E-state index contributed by atoms with van der Waals surface area (Å²) >= 11 is 1.51.